The van der Waals surface area contributed by atoms with Crippen LogP contribution in [0.2, 0.25) is 5.02 Å². The van der Waals surface area contributed by atoms with Crippen molar-refractivity contribution < 1.29 is 0 Å². The summed E-state index contributed by atoms with van der Waals surface area (Å²) < 4.78 is 3.71. The van der Waals surface area contributed by atoms with E-state index in [4.69, 9.17) is 17.3 Å². The number of fused-ring (bicyclic) bond motifs is 1. The fourth-order valence-electron chi connectivity index (χ4n) is 2.82. The standard InChI is InChI=1S/C17H16ClN7/c1-24-9-13(12-4-3-10(19)5-15(12)24)16-14(18)7-20-17(23-16)22-11-6-21-25(2)8-11/h3-9H,19H2,1-2H3,(H,20,22,23). The zero-order chi connectivity index (χ0) is 17.6. The van der Waals surface area contributed by atoms with Crippen LogP contribution in [0.3, 0.4) is 0 Å². The van der Waals surface area contributed by atoms with Gasteiger partial charge in [-0.1, -0.05) is 17.7 Å². The van der Waals surface area contributed by atoms with Crippen LogP contribution in [-0.4, -0.2) is 24.3 Å². The first-order chi connectivity index (χ1) is 12.0. The molecule has 0 saturated carbocycles. The Labute approximate surface area is 149 Å². The third-order valence-corrected chi connectivity index (χ3v) is 4.25. The van der Waals surface area contributed by atoms with Gasteiger partial charge in [0.05, 0.1) is 34.3 Å². The van der Waals surface area contributed by atoms with Crippen molar-refractivity contribution in [2.45, 2.75) is 0 Å². The molecule has 3 N–H and O–H groups in total. The molecule has 0 aliphatic heterocycles. The number of nitrogens with one attached hydrogen (secondary N) is 1. The van der Waals surface area contributed by atoms with Crippen LogP contribution in [0.1, 0.15) is 0 Å². The van der Waals surface area contributed by atoms with E-state index >= 15 is 0 Å². The molecule has 3 aromatic heterocycles. The van der Waals surface area contributed by atoms with Crippen LogP contribution in [-0.2, 0) is 14.1 Å². The normalized spacial score (nSPS) is 11.2. The second kappa shape index (κ2) is 5.78. The lowest BCUT2D eigenvalue weighted by Gasteiger charge is -2.06. The van der Waals surface area contributed by atoms with Gasteiger partial charge in [0.2, 0.25) is 5.95 Å². The Hall–Kier alpha value is -3.06. The Bertz CT molecular complexity index is 1080. The number of anilines is 3. The highest BCUT2D eigenvalue weighted by molar-refractivity contribution is 6.33. The predicted molar refractivity (Wildman–Crippen MR) is 99.9 cm³/mol. The first-order valence-electron chi connectivity index (χ1n) is 7.64. The zero-order valence-electron chi connectivity index (χ0n) is 13.7. The van der Waals surface area contributed by atoms with Crippen molar-refractivity contribution in [3.05, 3.63) is 48.0 Å². The van der Waals surface area contributed by atoms with Gasteiger partial charge in [0, 0.05) is 43.1 Å². The van der Waals surface area contributed by atoms with Gasteiger partial charge in [-0.05, 0) is 12.1 Å². The van der Waals surface area contributed by atoms with Gasteiger partial charge in [-0.15, -0.1) is 0 Å². The van der Waals surface area contributed by atoms with E-state index in [0.29, 0.717) is 22.4 Å². The summed E-state index contributed by atoms with van der Waals surface area (Å²) in [6.45, 7) is 0. The second-order valence-electron chi connectivity index (χ2n) is 5.85. The quantitative estimate of drug-likeness (QED) is 0.551. The number of rotatable bonds is 3. The van der Waals surface area contributed by atoms with Gasteiger partial charge in [0.1, 0.15) is 0 Å². The van der Waals surface area contributed by atoms with Gasteiger partial charge in [0.15, 0.2) is 0 Å². The van der Waals surface area contributed by atoms with E-state index in [9.17, 15) is 0 Å². The maximum atomic E-state index is 6.38. The number of hydrogen-bond acceptors (Lipinski definition) is 5. The number of nitrogens with zero attached hydrogens (tertiary/aromatic N) is 5. The number of benzene rings is 1. The van der Waals surface area contributed by atoms with E-state index < -0.39 is 0 Å². The van der Waals surface area contributed by atoms with Crippen LogP contribution in [0.5, 0.6) is 0 Å². The molecule has 0 radical (unpaired) electrons. The van der Waals surface area contributed by atoms with Gasteiger partial charge < -0.3 is 15.6 Å². The van der Waals surface area contributed by atoms with Gasteiger partial charge in [-0.2, -0.15) is 5.10 Å². The smallest absolute Gasteiger partial charge is 0.227 e. The summed E-state index contributed by atoms with van der Waals surface area (Å²) in [4.78, 5) is 8.85. The Morgan fingerprint density at radius 2 is 2.00 bits per heavy atom. The number of nitrogen functional groups attached to an aromatic ring is 1. The van der Waals surface area contributed by atoms with Crippen molar-refractivity contribution in [3.8, 4) is 11.3 Å². The highest BCUT2D eigenvalue weighted by Crippen LogP contribution is 2.34. The number of aromatic nitrogens is 5. The molecule has 0 saturated heterocycles. The molecule has 4 rings (SSSR count). The van der Waals surface area contributed by atoms with Crippen molar-refractivity contribution in [1.29, 1.82) is 0 Å². The predicted octanol–water partition coefficient (Wildman–Crippen LogP) is 3.35. The summed E-state index contributed by atoms with van der Waals surface area (Å²) in [5.41, 5.74) is 10.0. The third kappa shape index (κ3) is 2.78. The Balaban J connectivity index is 1.81. The van der Waals surface area contributed by atoms with Gasteiger partial charge in [0.25, 0.3) is 0 Å². The Morgan fingerprint density at radius 3 is 2.76 bits per heavy atom. The summed E-state index contributed by atoms with van der Waals surface area (Å²) in [6, 6.07) is 5.78. The summed E-state index contributed by atoms with van der Waals surface area (Å²) in [5, 5.41) is 8.78. The van der Waals surface area contributed by atoms with Crippen LogP contribution < -0.4 is 11.1 Å². The summed E-state index contributed by atoms with van der Waals surface area (Å²) in [7, 11) is 3.82. The number of aryl methyl sites for hydroxylation is 2. The number of hydrogen-bond donors (Lipinski definition) is 2. The van der Waals surface area contributed by atoms with Crippen LogP contribution in [0.25, 0.3) is 22.2 Å². The molecule has 126 valence electrons. The fourth-order valence-corrected chi connectivity index (χ4v) is 3.01. The molecule has 0 atom stereocenters. The van der Waals surface area contributed by atoms with Crippen LogP contribution in [0.4, 0.5) is 17.3 Å². The molecule has 8 heteroatoms. The van der Waals surface area contributed by atoms with Gasteiger partial charge in [-0.3, -0.25) is 4.68 Å². The van der Waals surface area contributed by atoms with Crippen molar-refractivity contribution in [3.63, 3.8) is 0 Å². The molecule has 0 unspecified atom stereocenters. The lowest BCUT2D eigenvalue weighted by atomic mass is 10.1. The molecule has 4 aromatic rings. The molecule has 0 amide bonds. The molecule has 3 heterocycles. The SMILES string of the molecule is Cn1cc(Nc2ncc(Cl)c(-c3cn(C)c4cc(N)ccc34)n2)cn1. The topological polar surface area (TPSA) is 86.6 Å². The first kappa shape index (κ1) is 15.5. The first-order valence-corrected chi connectivity index (χ1v) is 8.02. The second-order valence-corrected chi connectivity index (χ2v) is 6.26. The Morgan fingerprint density at radius 1 is 1.16 bits per heavy atom. The maximum Gasteiger partial charge on any atom is 0.227 e. The Kier molecular flexibility index (Phi) is 3.58. The van der Waals surface area contributed by atoms with Crippen LogP contribution >= 0.6 is 11.6 Å². The van der Waals surface area contributed by atoms with E-state index in [0.717, 1.165) is 22.2 Å². The van der Waals surface area contributed by atoms with E-state index in [1.54, 1.807) is 17.1 Å². The summed E-state index contributed by atoms with van der Waals surface area (Å²) in [6.07, 6.45) is 7.14. The fraction of sp³-hybridized carbons (Fsp3) is 0.118. The lowest BCUT2D eigenvalue weighted by molar-refractivity contribution is 0.768. The molecular weight excluding hydrogens is 338 g/mol. The molecule has 0 aliphatic carbocycles. The third-order valence-electron chi connectivity index (χ3n) is 3.97. The molecular formula is C17H16ClN7. The van der Waals surface area contributed by atoms with Gasteiger partial charge >= 0.3 is 0 Å². The van der Waals surface area contributed by atoms with Crippen molar-refractivity contribution in [1.82, 2.24) is 24.3 Å². The molecule has 0 bridgehead atoms. The zero-order valence-corrected chi connectivity index (χ0v) is 14.5. The number of halogens is 1. The maximum absolute atomic E-state index is 6.38. The molecule has 0 spiro atoms. The highest BCUT2D eigenvalue weighted by Gasteiger charge is 2.15. The highest BCUT2D eigenvalue weighted by atomic mass is 35.5. The van der Waals surface area contributed by atoms with Gasteiger partial charge in [-0.25, -0.2) is 9.97 Å². The van der Waals surface area contributed by atoms with Crippen molar-refractivity contribution in [2.75, 3.05) is 11.1 Å². The molecule has 25 heavy (non-hydrogen) atoms. The van der Waals surface area contributed by atoms with E-state index in [2.05, 4.69) is 20.4 Å². The molecule has 0 aliphatic rings. The van der Waals surface area contributed by atoms with E-state index in [1.807, 2.05) is 49.3 Å². The number of nitrogens with two attached hydrogens (primary N) is 1. The summed E-state index contributed by atoms with van der Waals surface area (Å²) >= 11 is 6.38. The minimum Gasteiger partial charge on any atom is -0.399 e. The van der Waals surface area contributed by atoms with E-state index in [-0.39, 0.29) is 0 Å². The van der Waals surface area contributed by atoms with E-state index in [1.165, 1.54) is 0 Å². The van der Waals surface area contributed by atoms with Crippen LogP contribution in [0.15, 0.2) is 43.0 Å². The summed E-state index contributed by atoms with van der Waals surface area (Å²) in [5.74, 6) is 0.458. The lowest BCUT2D eigenvalue weighted by Crippen LogP contribution is -1.98. The molecule has 7 nitrogen and oxygen atoms in total. The minimum atomic E-state index is 0.458. The minimum absolute atomic E-state index is 0.458. The molecule has 1 aromatic carbocycles. The van der Waals surface area contributed by atoms with Crippen LogP contribution in [0, 0.1) is 0 Å². The van der Waals surface area contributed by atoms with Crippen molar-refractivity contribution >= 4 is 39.8 Å². The monoisotopic (exact) mass is 353 g/mol. The average Bonchev–Trinajstić information content (AvgIpc) is 3.13. The molecule has 0 fully saturated rings. The largest absolute Gasteiger partial charge is 0.399 e. The average molecular weight is 354 g/mol. The van der Waals surface area contributed by atoms with Crippen molar-refractivity contribution in [2.24, 2.45) is 14.1 Å².